The number of anilines is 1. The molecule has 0 aliphatic rings. The molecule has 114 valence electrons. The van der Waals surface area contributed by atoms with Crippen LogP contribution in [0.3, 0.4) is 0 Å². The van der Waals surface area contributed by atoms with E-state index in [-0.39, 0.29) is 0 Å². The molecule has 21 heavy (non-hydrogen) atoms. The molecule has 1 heterocycles. The Labute approximate surface area is 126 Å². The fourth-order valence-corrected chi connectivity index (χ4v) is 2.24. The van der Waals surface area contributed by atoms with Crippen molar-refractivity contribution in [2.45, 2.75) is 53.5 Å². The van der Waals surface area contributed by atoms with Gasteiger partial charge < -0.3 is 10.5 Å². The van der Waals surface area contributed by atoms with Gasteiger partial charge in [-0.1, -0.05) is 32.9 Å². The molecule has 4 heteroatoms. The van der Waals surface area contributed by atoms with Crippen LogP contribution < -0.4 is 10.5 Å². The van der Waals surface area contributed by atoms with Gasteiger partial charge in [-0.15, -0.1) is 0 Å². The zero-order valence-corrected chi connectivity index (χ0v) is 13.6. The van der Waals surface area contributed by atoms with E-state index in [0.717, 1.165) is 30.0 Å². The van der Waals surface area contributed by atoms with Crippen molar-refractivity contribution in [2.75, 3.05) is 5.73 Å². The van der Waals surface area contributed by atoms with Crippen LogP contribution in [0.2, 0.25) is 0 Å². The summed E-state index contributed by atoms with van der Waals surface area (Å²) in [5.41, 5.74) is 9.91. The van der Waals surface area contributed by atoms with Crippen molar-refractivity contribution in [1.29, 1.82) is 0 Å². The van der Waals surface area contributed by atoms with Crippen molar-refractivity contribution < 1.29 is 4.74 Å². The van der Waals surface area contributed by atoms with Gasteiger partial charge >= 0.3 is 0 Å². The minimum atomic E-state index is 0.465. The second kappa shape index (κ2) is 6.20. The molecule has 0 bridgehead atoms. The first-order chi connectivity index (χ1) is 9.93. The van der Waals surface area contributed by atoms with E-state index < -0.39 is 0 Å². The number of aryl methyl sites for hydroxylation is 3. The summed E-state index contributed by atoms with van der Waals surface area (Å²) in [6, 6.07) is 6.33. The highest BCUT2D eigenvalue weighted by Crippen LogP contribution is 2.33. The van der Waals surface area contributed by atoms with Gasteiger partial charge in [-0.2, -0.15) is 5.10 Å². The van der Waals surface area contributed by atoms with Crippen LogP contribution in [-0.2, 0) is 6.54 Å². The number of nitrogens with zero attached hydrogens (tertiary/aromatic N) is 2. The minimum Gasteiger partial charge on any atom is -0.437 e. The molecule has 4 nitrogen and oxygen atoms in total. The number of ether oxygens (including phenoxy) is 1. The van der Waals surface area contributed by atoms with Crippen LogP contribution >= 0.6 is 0 Å². The van der Waals surface area contributed by atoms with Gasteiger partial charge in [0.15, 0.2) is 0 Å². The van der Waals surface area contributed by atoms with E-state index in [1.165, 1.54) is 5.56 Å². The number of hydrogen-bond donors (Lipinski definition) is 1. The normalized spacial score (nSPS) is 11.1. The van der Waals surface area contributed by atoms with Crippen molar-refractivity contribution in [2.24, 2.45) is 0 Å². The molecule has 0 aliphatic heterocycles. The van der Waals surface area contributed by atoms with Crippen LogP contribution in [0.4, 0.5) is 5.69 Å². The Hall–Kier alpha value is -1.97. The topological polar surface area (TPSA) is 53.1 Å². The third-order valence-electron chi connectivity index (χ3n) is 3.65. The van der Waals surface area contributed by atoms with Crippen LogP contribution in [0.5, 0.6) is 11.6 Å². The summed E-state index contributed by atoms with van der Waals surface area (Å²) < 4.78 is 7.96. The smallest absolute Gasteiger partial charge is 0.241 e. The van der Waals surface area contributed by atoms with Gasteiger partial charge in [0, 0.05) is 6.54 Å². The molecule has 2 N–H and O–H groups in total. The maximum Gasteiger partial charge on any atom is 0.241 e. The van der Waals surface area contributed by atoms with Crippen molar-refractivity contribution in [1.82, 2.24) is 9.78 Å². The molecule has 0 spiro atoms. The number of rotatable bonds is 5. The van der Waals surface area contributed by atoms with E-state index in [9.17, 15) is 0 Å². The van der Waals surface area contributed by atoms with Gasteiger partial charge in [-0.25, -0.2) is 4.68 Å². The summed E-state index contributed by atoms with van der Waals surface area (Å²) >= 11 is 0. The van der Waals surface area contributed by atoms with Gasteiger partial charge in [-0.05, 0) is 43.4 Å². The third kappa shape index (κ3) is 3.20. The minimum absolute atomic E-state index is 0.465. The van der Waals surface area contributed by atoms with Crippen molar-refractivity contribution in [3.8, 4) is 11.6 Å². The number of aromatic nitrogens is 2. The third-order valence-corrected chi connectivity index (χ3v) is 3.65. The van der Waals surface area contributed by atoms with Gasteiger partial charge in [0.05, 0.1) is 5.69 Å². The van der Waals surface area contributed by atoms with Gasteiger partial charge in [-0.3, -0.25) is 0 Å². The SMILES string of the molecule is CCCn1nc(C)c(N)c1Oc1cc(C(C)C)ccc1C. The quantitative estimate of drug-likeness (QED) is 0.886. The molecule has 0 aliphatic carbocycles. The molecule has 2 aromatic rings. The zero-order valence-electron chi connectivity index (χ0n) is 13.6. The maximum atomic E-state index is 6.12. The summed E-state index contributed by atoms with van der Waals surface area (Å²) in [5.74, 6) is 1.97. The molecule has 0 unspecified atom stereocenters. The molecule has 1 aromatic heterocycles. The first kappa shape index (κ1) is 15.4. The Kier molecular flexibility index (Phi) is 4.56. The number of nitrogen functional groups attached to an aromatic ring is 1. The van der Waals surface area contributed by atoms with Crippen molar-refractivity contribution >= 4 is 5.69 Å². The Morgan fingerprint density at radius 3 is 2.62 bits per heavy atom. The molecular weight excluding hydrogens is 262 g/mol. The highest BCUT2D eigenvalue weighted by Gasteiger charge is 2.16. The lowest BCUT2D eigenvalue weighted by Gasteiger charge is -2.14. The summed E-state index contributed by atoms with van der Waals surface area (Å²) in [6.45, 7) is 11.2. The van der Waals surface area contributed by atoms with Gasteiger partial charge in [0.25, 0.3) is 0 Å². The highest BCUT2D eigenvalue weighted by atomic mass is 16.5. The summed E-state index contributed by atoms with van der Waals surface area (Å²) in [6.07, 6.45) is 0.988. The van der Waals surface area contributed by atoms with Crippen LogP contribution in [0, 0.1) is 13.8 Å². The average Bonchev–Trinajstić information content (AvgIpc) is 2.69. The van der Waals surface area contributed by atoms with E-state index in [1.54, 1.807) is 0 Å². The Morgan fingerprint density at radius 2 is 2.00 bits per heavy atom. The van der Waals surface area contributed by atoms with Gasteiger partial charge in [0.2, 0.25) is 5.88 Å². The fourth-order valence-electron chi connectivity index (χ4n) is 2.24. The molecular formula is C17H25N3O. The molecule has 1 aromatic carbocycles. The highest BCUT2D eigenvalue weighted by molar-refractivity contribution is 5.54. The van der Waals surface area contributed by atoms with Crippen molar-refractivity contribution in [3.05, 3.63) is 35.0 Å². The van der Waals surface area contributed by atoms with Gasteiger partial charge in [0.1, 0.15) is 11.4 Å². The summed E-state index contributed by atoms with van der Waals surface area (Å²) in [7, 11) is 0. The van der Waals surface area contributed by atoms with E-state index in [0.29, 0.717) is 17.5 Å². The van der Waals surface area contributed by atoms with Crippen LogP contribution in [-0.4, -0.2) is 9.78 Å². The molecule has 0 atom stereocenters. The van der Waals surface area contributed by atoms with E-state index >= 15 is 0 Å². The van der Waals surface area contributed by atoms with Crippen molar-refractivity contribution in [3.63, 3.8) is 0 Å². The summed E-state index contributed by atoms with van der Waals surface area (Å²) in [5, 5.41) is 4.45. The predicted octanol–water partition coefficient (Wildman–Crippen LogP) is 4.41. The number of nitrogens with two attached hydrogens (primary N) is 1. The van der Waals surface area contributed by atoms with E-state index in [4.69, 9.17) is 10.5 Å². The standard InChI is InChI=1S/C17H25N3O/c1-6-9-20-17(16(18)13(5)19-20)21-15-10-14(11(2)3)8-7-12(15)4/h7-8,10-11H,6,9,18H2,1-5H3. The lowest BCUT2D eigenvalue weighted by atomic mass is 10.0. The second-order valence-corrected chi connectivity index (χ2v) is 5.81. The van der Waals surface area contributed by atoms with Crippen LogP contribution in [0.15, 0.2) is 18.2 Å². The van der Waals surface area contributed by atoms with Crippen LogP contribution in [0.25, 0.3) is 0 Å². The fraction of sp³-hybridized carbons (Fsp3) is 0.471. The summed E-state index contributed by atoms with van der Waals surface area (Å²) in [4.78, 5) is 0. The molecule has 0 fully saturated rings. The Bertz CT molecular complexity index is 629. The molecule has 2 rings (SSSR count). The Balaban J connectivity index is 2.40. The Morgan fingerprint density at radius 1 is 1.29 bits per heavy atom. The predicted molar refractivity (Wildman–Crippen MR) is 87.0 cm³/mol. The largest absolute Gasteiger partial charge is 0.437 e. The maximum absolute atomic E-state index is 6.12. The van der Waals surface area contributed by atoms with E-state index in [2.05, 4.69) is 44.1 Å². The lowest BCUT2D eigenvalue weighted by molar-refractivity contribution is 0.407. The number of benzene rings is 1. The second-order valence-electron chi connectivity index (χ2n) is 5.81. The van der Waals surface area contributed by atoms with Crippen LogP contribution in [0.1, 0.15) is 49.9 Å². The molecule has 0 radical (unpaired) electrons. The molecule has 0 saturated carbocycles. The molecule has 0 saturated heterocycles. The molecule has 0 amide bonds. The first-order valence-corrected chi connectivity index (χ1v) is 7.55. The zero-order chi connectivity index (χ0) is 15.6. The monoisotopic (exact) mass is 287 g/mol. The lowest BCUT2D eigenvalue weighted by Crippen LogP contribution is -2.03. The average molecular weight is 287 g/mol. The first-order valence-electron chi connectivity index (χ1n) is 7.55. The number of hydrogen-bond acceptors (Lipinski definition) is 3. The van der Waals surface area contributed by atoms with E-state index in [1.807, 2.05) is 18.5 Å².